The van der Waals surface area contributed by atoms with Gasteiger partial charge in [-0.2, -0.15) is 0 Å². The molecule has 0 saturated heterocycles. The second-order valence-electron chi connectivity index (χ2n) is 6.16. The molecule has 1 amide bonds. The molecule has 5 heteroatoms. The van der Waals surface area contributed by atoms with Gasteiger partial charge >= 0.3 is 0 Å². The number of likely N-dealkylation sites (N-methyl/N-ethyl adjacent to an activating group) is 1. The fraction of sp³-hybridized carbons (Fsp3) is 0.200. The Bertz CT molecular complexity index is 919. The Balaban J connectivity index is 1.78. The molecule has 0 bridgehead atoms. The van der Waals surface area contributed by atoms with E-state index in [0.29, 0.717) is 11.0 Å². The van der Waals surface area contributed by atoms with Crippen LogP contribution in [0.5, 0.6) is 0 Å². The Morgan fingerprint density at radius 3 is 2.52 bits per heavy atom. The second kappa shape index (κ2) is 7.11. The third kappa shape index (κ3) is 3.74. The van der Waals surface area contributed by atoms with Crippen molar-refractivity contribution in [3.63, 3.8) is 0 Å². The number of aromatic nitrogens is 1. The fourth-order valence-electron chi connectivity index (χ4n) is 2.83. The molecule has 0 radical (unpaired) electrons. The van der Waals surface area contributed by atoms with E-state index in [0.717, 1.165) is 27.6 Å². The fourth-order valence-corrected chi connectivity index (χ4v) is 3.08. The van der Waals surface area contributed by atoms with Crippen LogP contribution in [-0.4, -0.2) is 24.5 Å². The average molecular weight is 354 g/mol. The van der Waals surface area contributed by atoms with Gasteiger partial charge in [0.1, 0.15) is 11.0 Å². The molecule has 0 saturated carbocycles. The standard InChI is InChI=1S/C20H20ClN3O/c1-13-7-6-8-14(2)19(13)23-18(25)12-24(3)17-11-15-9-4-5-10-16(15)20(21)22-17/h4-11H,12H2,1-3H3,(H,23,25). The summed E-state index contributed by atoms with van der Waals surface area (Å²) in [7, 11) is 1.83. The summed E-state index contributed by atoms with van der Waals surface area (Å²) in [6, 6.07) is 15.7. The van der Waals surface area contributed by atoms with Gasteiger partial charge in [0.25, 0.3) is 0 Å². The third-order valence-corrected chi connectivity index (χ3v) is 4.49. The number of hydrogen-bond donors (Lipinski definition) is 1. The zero-order valence-electron chi connectivity index (χ0n) is 14.5. The van der Waals surface area contributed by atoms with Crippen molar-refractivity contribution in [1.29, 1.82) is 0 Å². The molecular formula is C20H20ClN3O. The Labute approximate surface area is 152 Å². The van der Waals surface area contributed by atoms with E-state index in [2.05, 4.69) is 10.3 Å². The number of carbonyl (C=O) groups excluding carboxylic acids is 1. The highest BCUT2D eigenvalue weighted by Gasteiger charge is 2.13. The van der Waals surface area contributed by atoms with Gasteiger partial charge in [0.15, 0.2) is 0 Å². The van der Waals surface area contributed by atoms with E-state index in [9.17, 15) is 4.79 Å². The van der Waals surface area contributed by atoms with Crippen molar-refractivity contribution in [3.8, 4) is 0 Å². The number of rotatable bonds is 4. The molecule has 0 fully saturated rings. The van der Waals surface area contributed by atoms with E-state index >= 15 is 0 Å². The number of nitrogens with one attached hydrogen (secondary N) is 1. The molecule has 1 heterocycles. The number of fused-ring (bicyclic) bond motifs is 1. The monoisotopic (exact) mass is 353 g/mol. The normalized spacial score (nSPS) is 10.7. The maximum Gasteiger partial charge on any atom is 0.243 e. The Hall–Kier alpha value is -2.59. The molecule has 0 unspecified atom stereocenters. The summed E-state index contributed by atoms with van der Waals surface area (Å²) in [5, 5.41) is 5.33. The van der Waals surface area contributed by atoms with Crippen molar-refractivity contribution in [1.82, 2.24) is 4.98 Å². The number of aryl methyl sites for hydroxylation is 2. The summed E-state index contributed by atoms with van der Waals surface area (Å²) in [6.07, 6.45) is 0. The second-order valence-corrected chi connectivity index (χ2v) is 6.52. The molecule has 3 rings (SSSR count). The minimum Gasteiger partial charge on any atom is -0.350 e. The van der Waals surface area contributed by atoms with E-state index in [1.807, 2.05) is 69.4 Å². The van der Waals surface area contributed by atoms with Crippen molar-refractivity contribution >= 4 is 39.8 Å². The third-order valence-electron chi connectivity index (χ3n) is 4.20. The van der Waals surface area contributed by atoms with Crippen LogP contribution in [0.1, 0.15) is 11.1 Å². The van der Waals surface area contributed by atoms with E-state index in [4.69, 9.17) is 11.6 Å². The Morgan fingerprint density at radius 2 is 1.80 bits per heavy atom. The first-order valence-corrected chi connectivity index (χ1v) is 8.46. The lowest BCUT2D eigenvalue weighted by molar-refractivity contribution is -0.114. The maximum absolute atomic E-state index is 12.4. The van der Waals surface area contributed by atoms with Gasteiger partial charge in [-0.15, -0.1) is 0 Å². The highest BCUT2D eigenvalue weighted by Crippen LogP contribution is 2.26. The number of para-hydroxylation sites is 1. The first-order chi connectivity index (χ1) is 12.0. The zero-order chi connectivity index (χ0) is 18.0. The van der Waals surface area contributed by atoms with Crippen LogP contribution in [0, 0.1) is 13.8 Å². The average Bonchev–Trinajstić information content (AvgIpc) is 2.58. The number of nitrogens with zero attached hydrogens (tertiary/aromatic N) is 2. The van der Waals surface area contributed by atoms with Crippen molar-refractivity contribution in [2.24, 2.45) is 0 Å². The van der Waals surface area contributed by atoms with Crippen molar-refractivity contribution in [2.45, 2.75) is 13.8 Å². The van der Waals surface area contributed by atoms with Crippen LogP contribution in [-0.2, 0) is 4.79 Å². The van der Waals surface area contributed by atoms with Crippen molar-refractivity contribution in [3.05, 3.63) is 64.8 Å². The van der Waals surface area contributed by atoms with Crippen LogP contribution in [0.15, 0.2) is 48.5 Å². The zero-order valence-corrected chi connectivity index (χ0v) is 15.3. The van der Waals surface area contributed by atoms with Gasteiger partial charge in [-0.05, 0) is 36.4 Å². The van der Waals surface area contributed by atoms with Crippen LogP contribution in [0.4, 0.5) is 11.5 Å². The smallest absolute Gasteiger partial charge is 0.243 e. The number of anilines is 2. The SMILES string of the molecule is Cc1cccc(C)c1NC(=O)CN(C)c1cc2ccccc2c(Cl)n1. The predicted molar refractivity (Wildman–Crippen MR) is 105 cm³/mol. The molecule has 1 aromatic heterocycles. The lowest BCUT2D eigenvalue weighted by Gasteiger charge is -2.19. The lowest BCUT2D eigenvalue weighted by atomic mass is 10.1. The molecule has 0 atom stereocenters. The van der Waals surface area contributed by atoms with Gasteiger partial charge in [-0.1, -0.05) is 54.1 Å². The van der Waals surface area contributed by atoms with Crippen LogP contribution in [0.3, 0.4) is 0 Å². The summed E-state index contributed by atoms with van der Waals surface area (Å²) in [4.78, 5) is 18.6. The molecular weight excluding hydrogens is 334 g/mol. The molecule has 0 spiro atoms. The molecule has 0 aliphatic carbocycles. The maximum atomic E-state index is 12.4. The Morgan fingerprint density at radius 1 is 1.12 bits per heavy atom. The highest BCUT2D eigenvalue weighted by molar-refractivity contribution is 6.34. The lowest BCUT2D eigenvalue weighted by Crippen LogP contribution is -2.31. The number of benzene rings is 2. The molecule has 4 nitrogen and oxygen atoms in total. The quantitative estimate of drug-likeness (QED) is 0.698. The van der Waals surface area contributed by atoms with E-state index < -0.39 is 0 Å². The number of pyridine rings is 1. The van der Waals surface area contributed by atoms with Crippen LogP contribution in [0.25, 0.3) is 10.8 Å². The Kier molecular flexibility index (Phi) is 4.91. The van der Waals surface area contributed by atoms with Crippen LogP contribution in [0.2, 0.25) is 5.15 Å². The van der Waals surface area contributed by atoms with E-state index in [1.165, 1.54) is 0 Å². The van der Waals surface area contributed by atoms with Gasteiger partial charge in [0.05, 0.1) is 6.54 Å². The van der Waals surface area contributed by atoms with Gasteiger partial charge in [0.2, 0.25) is 5.91 Å². The highest BCUT2D eigenvalue weighted by atomic mass is 35.5. The van der Waals surface area contributed by atoms with E-state index in [1.54, 1.807) is 4.90 Å². The molecule has 25 heavy (non-hydrogen) atoms. The summed E-state index contributed by atoms with van der Waals surface area (Å²) in [5.41, 5.74) is 2.95. The molecule has 0 aliphatic heterocycles. The molecule has 128 valence electrons. The van der Waals surface area contributed by atoms with Crippen LogP contribution >= 0.6 is 11.6 Å². The first-order valence-electron chi connectivity index (χ1n) is 8.08. The minimum atomic E-state index is -0.0917. The topological polar surface area (TPSA) is 45.2 Å². The van der Waals surface area contributed by atoms with Gasteiger partial charge in [-0.3, -0.25) is 4.79 Å². The summed E-state index contributed by atoms with van der Waals surface area (Å²) < 4.78 is 0. The first kappa shape index (κ1) is 17.2. The predicted octanol–water partition coefficient (Wildman–Crippen LogP) is 4.58. The molecule has 3 aromatic rings. The number of halogens is 1. The summed E-state index contributed by atoms with van der Waals surface area (Å²) in [6.45, 7) is 4.16. The van der Waals surface area contributed by atoms with Crippen molar-refractivity contribution < 1.29 is 4.79 Å². The minimum absolute atomic E-state index is 0.0917. The number of hydrogen-bond acceptors (Lipinski definition) is 3. The summed E-state index contributed by atoms with van der Waals surface area (Å²) in [5.74, 6) is 0.575. The largest absolute Gasteiger partial charge is 0.350 e. The van der Waals surface area contributed by atoms with Crippen LogP contribution < -0.4 is 10.2 Å². The molecule has 0 aliphatic rings. The number of carbonyl (C=O) groups is 1. The van der Waals surface area contributed by atoms with Crippen molar-refractivity contribution in [2.75, 3.05) is 23.8 Å². The van der Waals surface area contributed by atoms with Gasteiger partial charge in [0, 0.05) is 18.1 Å². The number of amides is 1. The van der Waals surface area contributed by atoms with Gasteiger partial charge in [-0.25, -0.2) is 4.98 Å². The molecule has 2 aromatic carbocycles. The summed E-state index contributed by atoms with van der Waals surface area (Å²) >= 11 is 6.28. The molecule has 1 N–H and O–H groups in total. The van der Waals surface area contributed by atoms with E-state index in [-0.39, 0.29) is 12.5 Å². The van der Waals surface area contributed by atoms with Gasteiger partial charge < -0.3 is 10.2 Å².